The molecule has 4 aliphatic rings. The van der Waals surface area contributed by atoms with Gasteiger partial charge in [-0.25, -0.2) is 4.79 Å². The lowest BCUT2D eigenvalue weighted by molar-refractivity contribution is -0.140. The van der Waals surface area contributed by atoms with E-state index in [4.69, 9.17) is 0 Å². The van der Waals surface area contributed by atoms with Gasteiger partial charge in [0.2, 0.25) is 0 Å². The molecule has 1 aromatic carbocycles. The first kappa shape index (κ1) is 13.4. The second-order valence-corrected chi connectivity index (χ2v) is 7.53. The number of carbonyl (C=O) groups is 1. The fraction of sp³-hybridized carbons (Fsp3) is 0.450. The van der Waals surface area contributed by atoms with Gasteiger partial charge in [0.1, 0.15) is 6.04 Å². The average molecular weight is 307 g/mol. The van der Waals surface area contributed by atoms with Gasteiger partial charge in [-0.2, -0.15) is 0 Å². The summed E-state index contributed by atoms with van der Waals surface area (Å²) in [5.41, 5.74) is 5.24. The first-order valence-corrected chi connectivity index (χ1v) is 8.62. The van der Waals surface area contributed by atoms with Crippen LogP contribution in [0, 0.1) is 18.8 Å². The van der Waals surface area contributed by atoms with E-state index >= 15 is 0 Å². The summed E-state index contributed by atoms with van der Waals surface area (Å²) in [6.07, 6.45) is 11.0. The van der Waals surface area contributed by atoms with E-state index in [-0.39, 0.29) is 17.9 Å². The molecule has 0 radical (unpaired) electrons. The molecular weight excluding hydrogens is 286 g/mol. The fourth-order valence-electron chi connectivity index (χ4n) is 5.40. The molecule has 2 aliphatic carbocycles. The highest BCUT2D eigenvalue weighted by atomic mass is 16.4. The standard InChI is InChI=1S/C20H21NO2/c1-11-8-16-13-5-2-4-12(13)10-21-18(16)17(9-11)14-6-3-7-15(14)19(21)20(22)23/h2-3,5-6,8-9,12-15,19H,4,7,10H2,1H3,(H,22,23)/t12-,13+,14+,15-,19-/m1/s1. The Hall–Kier alpha value is -2.03. The van der Waals surface area contributed by atoms with Crippen LogP contribution in [-0.4, -0.2) is 23.7 Å². The maximum Gasteiger partial charge on any atom is 0.326 e. The first-order valence-electron chi connectivity index (χ1n) is 8.62. The van der Waals surface area contributed by atoms with Crippen molar-refractivity contribution in [2.45, 2.75) is 37.6 Å². The second-order valence-electron chi connectivity index (χ2n) is 7.53. The van der Waals surface area contributed by atoms with E-state index in [1.165, 1.54) is 22.4 Å². The molecule has 1 N–H and O–H groups in total. The zero-order valence-electron chi connectivity index (χ0n) is 13.3. The minimum absolute atomic E-state index is 0.181. The Kier molecular flexibility index (Phi) is 2.62. The third-order valence-electron chi connectivity index (χ3n) is 6.25. The van der Waals surface area contributed by atoms with Gasteiger partial charge in [0.05, 0.1) is 0 Å². The number of aliphatic carboxylic acids is 1. The Morgan fingerprint density at radius 3 is 2.61 bits per heavy atom. The van der Waals surface area contributed by atoms with Crippen molar-refractivity contribution in [2.75, 3.05) is 11.4 Å². The Morgan fingerprint density at radius 1 is 1.13 bits per heavy atom. The summed E-state index contributed by atoms with van der Waals surface area (Å²) in [6.45, 7) is 3.04. The molecule has 0 amide bonds. The highest BCUT2D eigenvalue weighted by molar-refractivity contribution is 5.84. The highest BCUT2D eigenvalue weighted by Gasteiger charge is 2.49. The number of carboxylic acid groups (broad SMARTS) is 1. The van der Waals surface area contributed by atoms with Gasteiger partial charge < -0.3 is 10.0 Å². The van der Waals surface area contributed by atoms with Crippen molar-refractivity contribution in [1.82, 2.24) is 0 Å². The molecule has 0 aromatic heterocycles. The lowest BCUT2D eigenvalue weighted by Gasteiger charge is -2.49. The van der Waals surface area contributed by atoms with Crippen LogP contribution in [0.25, 0.3) is 0 Å². The number of aryl methyl sites for hydroxylation is 1. The van der Waals surface area contributed by atoms with Gasteiger partial charge >= 0.3 is 5.97 Å². The number of hydrogen-bond acceptors (Lipinski definition) is 2. The maximum absolute atomic E-state index is 12.1. The van der Waals surface area contributed by atoms with Crippen LogP contribution < -0.4 is 4.90 Å². The number of nitrogens with zero attached hydrogens (tertiary/aromatic N) is 1. The molecule has 2 heterocycles. The predicted octanol–water partition coefficient (Wildman–Crippen LogP) is 3.60. The van der Waals surface area contributed by atoms with E-state index in [9.17, 15) is 9.90 Å². The number of allylic oxidation sites excluding steroid dienone is 4. The van der Waals surface area contributed by atoms with Crippen molar-refractivity contribution >= 4 is 11.7 Å². The van der Waals surface area contributed by atoms with Gasteiger partial charge in [-0.15, -0.1) is 0 Å². The molecule has 3 nitrogen and oxygen atoms in total. The number of hydrogen-bond donors (Lipinski definition) is 1. The van der Waals surface area contributed by atoms with Crippen LogP contribution in [0.4, 0.5) is 5.69 Å². The van der Waals surface area contributed by atoms with Crippen molar-refractivity contribution in [1.29, 1.82) is 0 Å². The Morgan fingerprint density at radius 2 is 1.83 bits per heavy atom. The summed E-state index contributed by atoms with van der Waals surface area (Å²) in [4.78, 5) is 14.3. The second kappa shape index (κ2) is 4.50. The van der Waals surface area contributed by atoms with E-state index in [2.05, 4.69) is 48.3 Å². The summed E-state index contributed by atoms with van der Waals surface area (Å²) in [6, 6.07) is 4.19. The minimum atomic E-state index is -0.662. The van der Waals surface area contributed by atoms with Gasteiger partial charge in [-0.1, -0.05) is 42.0 Å². The predicted molar refractivity (Wildman–Crippen MR) is 89.9 cm³/mol. The Labute approximate surface area is 136 Å². The minimum Gasteiger partial charge on any atom is -0.480 e. The smallest absolute Gasteiger partial charge is 0.326 e. The number of anilines is 1. The number of rotatable bonds is 1. The molecule has 0 saturated carbocycles. The normalized spacial score (nSPS) is 35.9. The molecular formula is C20H21NO2. The van der Waals surface area contributed by atoms with Crippen molar-refractivity contribution < 1.29 is 9.90 Å². The molecule has 0 spiro atoms. The van der Waals surface area contributed by atoms with Crippen LogP contribution in [-0.2, 0) is 4.79 Å². The molecule has 2 aliphatic heterocycles. The van der Waals surface area contributed by atoms with Crippen molar-refractivity contribution in [3.8, 4) is 0 Å². The van der Waals surface area contributed by atoms with E-state index < -0.39 is 5.97 Å². The molecule has 3 heteroatoms. The summed E-state index contributed by atoms with van der Waals surface area (Å²) < 4.78 is 0. The van der Waals surface area contributed by atoms with Crippen LogP contribution >= 0.6 is 0 Å². The average Bonchev–Trinajstić information content (AvgIpc) is 3.15. The molecule has 5 atom stereocenters. The number of benzene rings is 1. The molecule has 5 rings (SSSR count). The lowest BCUT2D eigenvalue weighted by atomic mass is 9.71. The van der Waals surface area contributed by atoms with E-state index in [0.717, 1.165) is 19.4 Å². The van der Waals surface area contributed by atoms with Crippen molar-refractivity contribution in [3.63, 3.8) is 0 Å². The summed E-state index contributed by atoms with van der Waals surface area (Å²) >= 11 is 0. The van der Waals surface area contributed by atoms with Gasteiger partial charge in [-0.3, -0.25) is 0 Å². The van der Waals surface area contributed by atoms with Crippen LogP contribution in [0.3, 0.4) is 0 Å². The van der Waals surface area contributed by atoms with Crippen molar-refractivity contribution in [2.24, 2.45) is 11.8 Å². The molecule has 0 saturated heterocycles. The van der Waals surface area contributed by atoms with E-state index in [1.807, 2.05) is 0 Å². The van der Waals surface area contributed by atoms with E-state index in [1.54, 1.807) is 0 Å². The molecule has 1 aromatic rings. The lowest BCUT2D eigenvalue weighted by Crippen LogP contribution is -2.54. The van der Waals surface area contributed by atoms with Crippen LogP contribution in [0.1, 0.15) is 41.4 Å². The Balaban J connectivity index is 1.78. The van der Waals surface area contributed by atoms with Crippen LogP contribution in [0.5, 0.6) is 0 Å². The molecule has 0 fully saturated rings. The van der Waals surface area contributed by atoms with E-state index in [0.29, 0.717) is 11.8 Å². The summed E-state index contributed by atoms with van der Waals surface area (Å²) in [7, 11) is 0. The third-order valence-corrected chi connectivity index (χ3v) is 6.25. The van der Waals surface area contributed by atoms with Gasteiger partial charge in [0, 0.05) is 30.0 Å². The molecule has 0 bridgehead atoms. The monoisotopic (exact) mass is 307 g/mol. The maximum atomic E-state index is 12.1. The quantitative estimate of drug-likeness (QED) is 0.806. The zero-order valence-corrected chi connectivity index (χ0v) is 13.3. The largest absolute Gasteiger partial charge is 0.480 e. The fourth-order valence-corrected chi connectivity index (χ4v) is 5.40. The topological polar surface area (TPSA) is 40.5 Å². The third kappa shape index (κ3) is 1.68. The summed E-state index contributed by atoms with van der Waals surface area (Å²) in [5.74, 6) is 0.787. The first-order chi connectivity index (χ1) is 11.1. The van der Waals surface area contributed by atoms with Gasteiger partial charge in [0.25, 0.3) is 0 Å². The number of carboxylic acids is 1. The SMILES string of the molecule is Cc1cc2c3c(c1)[C@H]1C=CC[C@H]1[C@H](C(=O)O)N3C[C@H]1CC=C[C@H]21. The van der Waals surface area contributed by atoms with Crippen molar-refractivity contribution in [3.05, 3.63) is 53.1 Å². The molecule has 118 valence electrons. The zero-order chi connectivity index (χ0) is 15.7. The molecule has 23 heavy (non-hydrogen) atoms. The summed E-state index contributed by atoms with van der Waals surface area (Å²) in [5, 5.41) is 9.94. The molecule has 0 unspecified atom stereocenters. The van der Waals surface area contributed by atoms with Gasteiger partial charge in [-0.05, 0) is 36.8 Å². The van der Waals surface area contributed by atoms with Crippen LogP contribution in [0.15, 0.2) is 36.4 Å². The van der Waals surface area contributed by atoms with Gasteiger partial charge in [0.15, 0.2) is 0 Å². The number of fused-ring (bicyclic) bond motifs is 4. The Bertz CT molecular complexity index is 746. The van der Waals surface area contributed by atoms with Crippen LogP contribution in [0.2, 0.25) is 0 Å². The highest BCUT2D eigenvalue weighted by Crippen LogP contribution is 2.55.